The van der Waals surface area contributed by atoms with E-state index in [2.05, 4.69) is 10.3 Å². The van der Waals surface area contributed by atoms with Gasteiger partial charge in [0.05, 0.1) is 6.54 Å². The van der Waals surface area contributed by atoms with Gasteiger partial charge < -0.3 is 16.0 Å². The minimum atomic E-state index is -0.587. The van der Waals surface area contributed by atoms with Gasteiger partial charge in [-0.3, -0.25) is 19.1 Å². The summed E-state index contributed by atoms with van der Waals surface area (Å²) < 4.78 is 1.35. The van der Waals surface area contributed by atoms with Crippen LogP contribution in [0.3, 0.4) is 0 Å². The fraction of sp³-hybridized carbons (Fsp3) is 0.450. The summed E-state index contributed by atoms with van der Waals surface area (Å²) in [5.41, 5.74) is 7.96. The molecule has 0 spiro atoms. The van der Waals surface area contributed by atoms with Gasteiger partial charge in [0.25, 0.3) is 5.56 Å². The number of nitrogens with one attached hydrogen (secondary N) is 2. The van der Waals surface area contributed by atoms with Gasteiger partial charge in [0.1, 0.15) is 11.5 Å². The van der Waals surface area contributed by atoms with Crippen LogP contribution in [0.4, 0.5) is 17.2 Å². The van der Waals surface area contributed by atoms with Gasteiger partial charge in [-0.1, -0.05) is 31.0 Å². The average molecular weight is 387 g/mol. The number of aryl methyl sites for hydroxylation is 2. The third-order valence-electron chi connectivity index (χ3n) is 4.64. The van der Waals surface area contributed by atoms with Gasteiger partial charge in [-0.25, -0.2) is 4.79 Å². The standard InChI is InChI=1S/C20H29N5O3/c1-5-7-10-25-18(21)17(19(27)23-20(25)28)24(6-2)12-16(26)22-15-9-8-13(3)11-14(15)4/h8-9,11H,5-7,10,12,21H2,1-4H3,(H,22,26)(H,23,27,28). The van der Waals surface area contributed by atoms with Crippen molar-refractivity contribution in [2.75, 3.05) is 29.0 Å². The van der Waals surface area contributed by atoms with Crippen molar-refractivity contribution in [2.24, 2.45) is 0 Å². The van der Waals surface area contributed by atoms with E-state index in [1.54, 1.807) is 4.90 Å². The Hall–Kier alpha value is -3.03. The van der Waals surface area contributed by atoms with Crippen LogP contribution in [0.1, 0.15) is 37.8 Å². The number of aromatic amines is 1. The van der Waals surface area contributed by atoms with Crippen molar-refractivity contribution in [3.05, 3.63) is 50.2 Å². The summed E-state index contributed by atoms with van der Waals surface area (Å²) in [6.45, 7) is 8.49. The number of rotatable bonds is 8. The first-order valence-electron chi connectivity index (χ1n) is 9.53. The van der Waals surface area contributed by atoms with Gasteiger partial charge in [0.2, 0.25) is 5.91 Å². The highest BCUT2D eigenvalue weighted by Gasteiger charge is 2.20. The average Bonchev–Trinajstić information content (AvgIpc) is 2.62. The second-order valence-corrected chi connectivity index (χ2v) is 6.88. The number of nitrogens with zero attached hydrogens (tertiary/aromatic N) is 2. The molecule has 0 fully saturated rings. The van der Waals surface area contributed by atoms with E-state index in [1.165, 1.54) is 4.57 Å². The number of amides is 1. The van der Waals surface area contributed by atoms with Crippen LogP contribution >= 0.6 is 0 Å². The summed E-state index contributed by atoms with van der Waals surface area (Å²) >= 11 is 0. The molecule has 2 aromatic rings. The molecule has 0 saturated carbocycles. The van der Waals surface area contributed by atoms with Gasteiger partial charge in [-0.05, 0) is 38.8 Å². The van der Waals surface area contributed by atoms with Crippen LogP contribution in [-0.2, 0) is 11.3 Å². The van der Waals surface area contributed by atoms with Crippen LogP contribution in [0.15, 0.2) is 27.8 Å². The number of carbonyl (C=O) groups excluding carboxylic acids is 1. The van der Waals surface area contributed by atoms with Crippen molar-refractivity contribution in [3.63, 3.8) is 0 Å². The molecule has 1 aromatic heterocycles. The lowest BCUT2D eigenvalue weighted by molar-refractivity contribution is -0.115. The molecule has 152 valence electrons. The molecule has 1 amide bonds. The highest BCUT2D eigenvalue weighted by molar-refractivity contribution is 5.95. The summed E-state index contributed by atoms with van der Waals surface area (Å²) in [6.07, 6.45) is 1.64. The van der Waals surface area contributed by atoms with E-state index in [1.807, 2.05) is 45.9 Å². The van der Waals surface area contributed by atoms with E-state index in [0.29, 0.717) is 13.1 Å². The summed E-state index contributed by atoms with van der Waals surface area (Å²) in [4.78, 5) is 40.9. The maximum absolute atomic E-state index is 12.6. The predicted molar refractivity (Wildman–Crippen MR) is 113 cm³/mol. The van der Waals surface area contributed by atoms with E-state index >= 15 is 0 Å². The van der Waals surface area contributed by atoms with Crippen LogP contribution in [0.25, 0.3) is 0 Å². The fourth-order valence-electron chi connectivity index (χ4n) is 3.09. The molecule has 2 rings (SSSR count). The first kappa shape index (κ1) is 21.3. The fourth-order valence-corrected chi connectivity index (χ4v) is 3.09. The SMILES string of the molecule is CCCCn1c(N)c(N(CC)CC(=O)Nc2ccc(C)cc2C)c(=O)[nH]c1=O. The van der Waals surface area contributed by atoms with Crippen molar-refractivity contribution >= 4 is 23.1 Å². The first-order valence-corrected chi connectivity index (χ1v) is 9.53. The Labute approximate surface area is 164 Å². The van der Waals surface area contributed by atoms with Crippen LogP contribution in [0, 0.1) is 13.8 Å². The van der Waals surface area contributed by atoms with Crippen molar-refractivity contribution in [2.45, 2.75) is 47.1 Å². The number of benzene rings is 1. The normalized spacial score (nSPS) is 10.7. The Balaban J connectivity index is 2.28. The first-order chi connectivity index (χ1) is 13.3. The Morgan fingerprint density at radius 1 is 1.25 bits per heavy atom. The second kappa shape index (κ2) is 9.25. The van der Waals surface area contributed by atoms with Gasteiger partial charge in [-0.2, -0.15) is 0 Å². The summed E-state index contributed by atoms with van der Waals surface area (Å²) in [7, 11) is 0. The summed E-state index contributed by atoms with van der Waals surface area (Å²) in [5.74, 6) is -0.178. The molecule has 0 aliphatic rings. The van der Waals surface area contributed by atoms with Gasteiger partial charge in [0.15, 0.2) is 0 Å². The number of nitrogen functional groups attached to an aromatic ring is 1. The smallest absolute Gasteiger partial charge is 0.330 e. The largest absolute Gasteiger partial charge is 0.383 e. The summed E-state index contributed by atoms with van der Waals surface area (Å²) in [6, 6.07) is 5.76. The van der Waals surface area contributed by atoms with E-state index in [-0.39, 0.29) is 24.0 Å². The van der Waals surface area contributed by atoms with Crippen LogP contribution in [0.2, 0.25) is 0 Å². The Bertz CT molecular complexity index is 961. The molecular weight excluding hydrogens is 358 g/mol. The van der Waals surface area contributed by atoms with E-state index in [9.17, 15) is 14.4 Å². The lowest BCUT2D eigenvalue weighted by Gasteiger charge is -2.24. The number of nitrogens with two attached hydrogens (primary N) is 1. The van der Waals surface area contributed by atoms with Crippen LogP contribution in [-0.4, -0.2) is 28.5 Å². The number of likely N-dealkylation sites (N-methyl/N-ethyl adjacent to an activating group) is 1. The molecule has 0 bridgehead atoms. The molecular formula is C20H29N5O3. The lowest BCUT2D eigenvalue weighted by atomic mass is 10.1. The topological polar surface area (TPSA) is 113 Å². The second-order valence-electron chi connectivity index (χ2n) is 6.88. The molecule has 28 heavy (non-hydrogen) atoms. The third kappa shape index (κ3) is 4.82. The number of hydrogen-bond acceptors (Lipinski definition) is 5. The summed E-state index contributed by atoms with van der Waals surface area (Å²) in [5, 5.41) is 2.87. The number of unbranched alkanes of at least 4 members (excludes halogenated alkanes) is 1. The minimum Gasteiger partial charge on any atom is -0.383 e. The Kier molecular flexibility index (Phi) is 7.03. The molecule has 4 N–H and O–H groups in total. The number of H-pyrrole nitrogens is 1. The highest BCUT2D eigenvalue weighted by Crippen LogP contribution is 2.18. The van der Waals surface area contributed by atoms with Crippen LogP contribution in [0.5, 0.6) is 0 Å². The molecule has 0 saturated heterocycles. The van der Waals surface area contributed by atoms with E-state index in [4.69, 9.17) is 5.73 Å². The predicted octanol–water partition coefficient (Wildman–Crippen LogP) is 2.00. The minimum absolute atomic E-state index is 0.0525. The quantitative estimate of drug-likeness (QED) is 0.641. The molecule has 8 heteroatoms. The molecule has 1 heterocycles. The van der Waals surface area contributed by atoms with Gasteiger partial charge >= 0.3 is 5.69 Å². The van der Waals surface area contributed by atoms with Gasteiger partial charge in [0, 0.05) is 18.8 Å². The monoisotopic (exact) mass is 387 g/mol. The van der Waals surface area contributed by atoms with Crippen molar-refractivity contribution in [1.82, 2.24) is 9.55 Å². The highest BCUT2D eigenvalue weighted by atomic mass is 16.2. The van der Waals surface area contributed by atoms with E-state index < -0.39 is 11.2 Å². The molecule has 0 aliphatic heterocycles. The molecule has 0 radical (unpaired) electrons. The number of carbonyl (C=O) groups is 1. The number of hydrogen-bond donors (Lipinski definition) is 3. The van der Waals surface area contributed by atoms with Gasteiger partial charge in [-0.15, -0.1) is 0 Å². The van der Waals surface area contributed by atoms with E-state index in [0.717, 1.165) is 29.7 Å². The Morgan fingerprint density at radius 3 is 2.57 bits per heavy atom. The molecule has 0 aliphatic carbocycles. The molecule has 1 aromatic carbocycles. The lowest BCUT2D eigenvalue weighted by Crippen LogP contribution is -2.41. The zero-order chi connectivity index (χ0) is 20.8. The number of aromatic nitrogens is 2. The van der Waals surface area contributed by atoms with Crippen LogP contribution < -0.4 is 27.2 Å². The maximum Gasteiger partial charge on any atom is 0.330 e. The molecule has 0 atom stereocenters. The molecule has 0 unspecified atom stereocenters. The number of anilines is 3. The van der Waals surface area contributed by atoms with Crippen molar-refractivity contribution in [1.29, 1.82) is 0 Å². The van der Waals surface area contributed by atoms with Crippen molar-refractivity contribution < 1.29 is 4.79 Å². The zero-order valence-electron chi connectivity index (χ0n) is 17.0. The van der Waals surface area contributed by atoms with Crippen molar-refractivity contribution in [3.8, 4) is 0 Å². The maximum atomic E-state index is 12.6. The zero-order valence-corrected chi connectivity index (χ0v) is 17.0. The molecule has 8 nitrogen and oxygen atoms in total. The third-order valence-corrected chi connectivity index (χ3v) is 4.64. The Morgan fingerprint density at radius 2 is 1.96 bits per heavy atom.